The second-order valence-electron chi connectivity index (χ2n) is 5.24. The number of nitrogens with zero attached hydrogens (tertiary/aromatic N) is 2. The topological polar surface area (TPSA) is 72.6 Å². The van der Waals surface area contributed by atoms with Crippen molar-refractivity contribution < 1.29 is 8.78 Å². The third kappa shape index (κ3) is 6.46. The van der Waals surface area contributed by atoms with Crippen LogP contribution >= 0.6 is 35.6 Å². The lowest BCUT2D eigenvalue weighted by atomic mass is 10.1. The van der Waals surface area contributed by atoms with Crippen molar-refractivity contribution in [1.29, 1.82) is 5.41 Å². The van der Waals surface area contributed by atoms with Crippen LogP contribution in [0.5, 0.6) is 0 Å². The number of halogens is 5. The molecule has 0 aliphatic heterocycles. The minimum atomic E-state index is -0.521. The van der Waals surface area contributed by atoms with Gasteiger partial charge in [0.25, 0.3) is 0 Å². The van der Waals surface area contributed by atoms with Gasteiger partial charge in [-0.2, -0.15) is 10.2 Å². The number of rotatable bonds is 4. The van der Waals surface area contributed by atoms with Crippen LogP contribution in [0, 0.1) is 17.0 Å². The fraction of sp³-hybridized carbons (Fsp3) is 0.118. The number of hydrazone groups is 2. The maximum Gasteiger partial charge on any atom is 0.230 e. The average molecular weight is 435 g/mol. The van der Waals surface area contributed by atoms with Crippen molar-refractivity contribution in [2.75, 3.05) is 0 Å². The van der Waals surface area contributed by atoms with Crippen molar-refractivity contribution in [3.05, 3.63) is 69.2 Å². The molecule has 0 heterocycles. The number of hydrogen-bond acceptors (Lipinski definition) is 3. The zero-order valence-corrected chi connectivity index (χ0v) is 16.6. The number of guanidine groups is 1. The van der Waals surface area contributed by atoms with Gasteiger partial charge in [-0.15, -0.1) is 12.4 Å². The fourth-order valence-corrected chi connectivity index (χ4v) is 2.31. The van der Waals surface area contributed by atoms with Gasteiger partial charge in [0.05, 0.1) is 11.4 Å². The van der Waals surface area contributed by atoms with Gasteiger partial charge in [-0.1, -0.05) is 23.2 Å². The van der Waals surface area contributed by atoms with Crippen LogP contribution < -0.4 is 10.9 Å². The fourth-order valence-electron chi connectivity index (χ4n) is 1.99. The quantitative estimate of drug-likeness (QED) is 0.362. The van der Waals surface area contributed by atoms with Crippen LogP contribution in [0.25, 0.3) is 0 Å². The van der Waals surface area contributed by atoms with E-state index in [2.05, 4.69) is 21.1 Å². The molecule has 0 saturated heterocycles. The van der Waals surface area contributed by atoms with Crippen LogP contribution in [0.4, 0.5) is 8.78 Å². The van der Waals surface area contributed by atoms with Gasteiger partial charge >= 0.3 is 0 Å². The molecule has 0 amide bonds. The summed E-state index contributed by atoms with van der Waals surface area (Å²) in [7, 11) is 0. The van der Waals surface area contributed by atoms with Crippen molar-refractivity contribution >= 4 is 53.0 Å². The molecule has 0 unspecified atom stereocenters. The van der Waals surface area contributed by atoms with Gasteiger partial charge in [0, 0.05) is 21.2 Å². The van der Waals surface area contributed by atoms with E-state index >= 15 is 0 Å². The summed E-state index contributed by atoms with van der Waals surface area (Å²) in [6.07, 6.45) is 0. The van der Waals surface area contributed by atoms with Gasteiger partial charge in [-0.3, -0.25) is 5.41 Å². The summed E-state index contributed by atoms with van der Waals surface area (Å²) in [6.45, 7) is 3.15. The molecule has 2 aromatic carbocycles. The van der Waals surface area contributed by atoms with Gasteiger partial charge in [0.1, 0.15) is 11.6 Å². The highest BCUT2D eigenvalue weighted by Gasteiger charge is 2.08. The predicted octanol–water partition coefficient (Wildman–Crippen LogP) is 4.96. The highest BCUT2D eigenvalue weighted by Crippen LogP contribution is 2.16. The Hall–Kier alpha value is -2.22. The molecule has 0 fully saturated rings. The van der Waals surface area contributed by atoms with Gasteiger partial charge in [-0.05, 0) is 50.2 Å². The maximum absolute atomic E-state index is 13.8. The molecule has 2 aromatic rings. The van der Waals surface area contributed by atoms with E-state index in [0.717, 1.165) is 0 Å². The summed E-state index contributed by atoms with van der Waals surface area (Å²) in [5.74, 6) is -1.31. The smallest absolute Gasteiger partial charge is 0.230 e. The SMILES string of the molecule is CC(=NNC(=N)NN=C(C)c1ccc(Cl)cc1F)c1ccc(Cl)cc1F.Cl. The van der Waals surface area contributed by atoms with Crippen molar-refractivity contribution in [2.45, 2.75) is 13.8 Å². The predicted molar refractivity (Wildman–Crippen MR) is 108 cm³/mol. The van der Waals surface area contributed by atoms with Crippen molar-refractivity contribution in [3.8, 4) is 0 Å². The summed E-state index contributed by atoms with van der Waals surface area (Å²) in [6, 6.07) is 8.40. The molecule has 0 spiro atoms. The lowest BCUT2D eigenvalue weighted by Crippen LogP contribution is -2.31. The molecule has 0 radical (unpaired) electrons. The Balaban J connectivity index is 0.00000364. The highest BCUT2D eigenvalue weighted by molar-refractivity contribution is 6.31. The Bertz CT molecular complexity index is 829. The Morgan fingerprint density at radius 1 is 0.852 bits per heavy atom. The van der Waals surface area contributed by atoms with Crippen molar-refractivity contribution in [2.24, 2.45) is 10.2 Å². The number of nitrogens with one attached hydrogen (secondary N) is 3. The van der Waals surface area contributed by atoms with Crippen LogP contribution in [0.3, 0.4) is 0 Å². The van der Waals surface area contributed by atoms with Gasteiger partial charge in [-0.25, -0.2) is 19.6 Å². The lowest BCUT2D eigenvalue weighted by molar-refractivity contribution is 0.624. The van der Waals surface area contributed by atoms with Crippen LogP contribution in [0.1, 0.15) is 25.0 Å². The third-order valence-electron chi connectivity index (χ3n) is 3.31. The zero-order valence-electron chi connectivity index (χ0n) is 14.3. The average Bonchev–Trinajstić information content (AvgIpc) is 2.57. The molecule has 0 aliphatic carbocycles. The second-order valence-corrected chi connectivity index (χ2v) is 6.11. The minimum Gasteiger partial charge on any atom is -0.266 e. The Morgan fingerprint density at radius 3 is 1.56 bits per heavy atom. The summed E-state index contributed by atoms with van der Waals surface area (Å²) >= 11 is 11.4. The van der Waals surface area contributed by atoms with E-state index < -0.39 is 11.6 Å². The molecular weight excluding hydrogens is 419 g/mol. The van der Waals surface area contributed by atoms with Crippen molar-refractivity contribution in [1.82, 2.24) is 10.9 Å². The Morgan fingerprint density at radius 2 is 1.22 bits per heavy atom. The van der Waals surface area contributed by atoms with E-state index in [1.807, 2.05) is 0 Å². The first-order valence-electron chi connectivity index (χ1n) is 7.38. The first-order chi connectivity index (χ1) is 12.3. The van der Waals surface area contributed by atoms with E-state index in [9.17, 15) is 8.78 Å². The van der Waals surface area contributed by atoms with E-state index in [0.29, 0.717) is 11.4 Å². The molecule has 0 saturated carbocycles. The molecule has 27 heavy (non-hydrogen) atoms. The van der Waals surface area contributed by atoms with E-state index in [4.69, 9.17) is 28.6 Å². The molecule has 5 nitrogen and oxygen atoms in total. The third-order valence-corrected chi connectivity index (χ3v) is 3.78. The molecule has 0 aromatic heterocycles. The number of hydrogen-bond donors (Lipinski definition) is 3. The second kappa shape index (κ2) is 10.2. The van der Waals surface area contributed by atoms with Crippen molar-refractivity contribution in [3.63, 3.8) is 0 Å². The molecule has 2 rings (SSSR count). The molecule has 0 atom stereocenters. The first-order valence-corrected chi connectivity index (χ1v) is 8.13. The molecule has 144 valence electrons. The van der Waals surface area contributed by atoms with E-state index in [1.165, 1.54) is 36.4 Å². The van der Waals surface area contributed by atoms with Crippen LogP contribution in [0.15, 0.2) is 46.6 Å². The summed E-state index contributed by atoms with van der Waals surface area (Å²) < 4.78 is 27.6. The molecular formula is C17H16Cl3F2N5. The summed E-state index contributed by atoms with van der Waals surface area (Å²) in [5.41, 5.74) is 5.91. The lowest BCUT2D eigenvalue weighted by Gasteiger charge is -2.07. The number of benzene rings is 2. The Kier molecular flexibility index (Phi) is 8.62. The van der Waals surface area contributed by atoms with Crippen LogP contribution in [0.2, 0.25) is 10.0 Å². The summed E-state index contributed by atoms with van der Waals surface area (Å²) in [4.78, 5) is 0. The first kappa shape index (κ1) is 22.8. The standard InChI is InChI=1S/C17H15Cl2F2N5.ClH/c1-9(13-5-3-11(18)7-15(13)20)23-25-17(22)26-24-10(2)14-6-4-12(19)8-16(14)21;/h3-8H,1-2H3,(H3,22,25,26);1H. The van der Waals surface area contributed by atoms with Crippen LogP contribution in [-0.4, -0.2) is 17.4 Å². The van der Waals surface area contributed by atoms with E-state index in [1.54, 1.807) is 13.8 Å². The molecule has 10 heteroatoms. The van der Waals surface area contributed by atoms with Gasteiger partial charge in [0.2, 0.25) is 5.96 Å². The van der Waals surface area contributed by atoms with Crippen LogP contribution in [-0.2, 0) is 0 Å². The molecule has 0 aliphatic rings. The molecule has 3 N–H and O–H groups in total. The summed E-state index contributed by atoms with van der Waals surface area (Å²) in [5, 5.41) is 16.1. The normalized spacial score (nSPS) is 11.6. The van der Waals surface area contributed by atoms with Gasteiger partial charge in [0.15, 0.2) is 0 Å². The largest absolute Gasteiger partial charge is 0.266 e. The maximum atomic E-state index is 13.8. The minimum absolute atomic E-state index is 0. The monoisotopic (exact) mass is 433 g/mol. The zero-order chi connectivity index (χ0) is 19.3. The van der Waals surface area contributed by atoms with Gasteiger partial charge < -0.3 is 0 Å². The molecule has 0 bridgehead atoms. The van der Waals surface area contributed by atoms with E-state index in [-0.39, 0.29) is 39.5 Å². The highest BCUT2D eigenvalue weighted by atomic mass is 35.5. The Labute approximate surface area is 171 Å².